The van der Waals surface area contributed by atoms with E-state index in [9.17, 15) is 10.1 Å². The molecule has 0 radical (unpaired) electrons. The van der Waals surface area contributed by atoms with E-state index in [1.54, 1.807) is 13.0 Å². The largest absolute Gasteiger partial charge is 0.367 e. The number of hydrogen-bond donors (Lipinski definition) is 0. The van der Waals surface area contributed by atoms with Crippen LogP contribution in [0.5, 0.6) is 0 Å². The van der Waals surface area contributed by atoms with Crippen molar-refractivity contribution in [2.75, 3.05) is 6.61 Å². The first-order valence-corrected chi connectivity index (χ1v) is 3.45. The van der Waals surface area contributed by atoms with E-state index < -0.39 is 6.04 Å². The molecule has 0 aliphatic carbocycles. The summed E-state index contributed by atoms with van der Waals surface area (Å²) < 4.78 is 5.05. The first kappa shape index (κ1) is 10.1. The number of nitrogens with zero attached hydrogens (tertiary/aromatic N) is 1. The van der Waals surface area contributed by atoms with Crippen molar-refractivity contribution in [1.29, 1.82) is 0 Å². The van der Waals surface area contributed by atoms with E-state index in [2.05, 4.69) is 6.58 Å². The van der Waals surface area contributed by atoms with Gasteiger partial charge in [-0.15, -0.1) is 6.58 Å². The zero-order chi connectivity index (χ0) is 8.85. The second kappa shape index (κ2) is 4.85. The van der Waals surface area contributed by atoms with Gasteiger partial charge in [0.15, 0.2) is 0 Å². The van der Waals surface area contributed by atoms with Crippen LogP contribution in [-0.4, -0.2) is 23.7 Å². The van der Waals surface area contributed by atoms with E-state index in [1.807, 2.05) is 0 Å². The average Bonchev–Trinajstić information content (AvgIpc) is 1.98. The lowest BCUT2D eigenvalue weighted by Crippen LogP contribution is -2.30. The highest BCUT2D eigenvalue weighted by Crippen LogP contribution is 2.01. The molecule has 0 spiro atoms. The van der Waals surface area contributed by atoms with Gasteiger partial charge in [0.05, 0.1) is 6.61 Å². The maximum Gasteiger partial charge on any atom is 0.235 e. The molecule has 0 aromatic carbocycles. The fraction of sp³-hybridized carbons (Fsp3) is 0.714. The Morgan fingerprint density at radius 1 is 1.73 bits per heavy atom. The number of hydrogen-bond acceptors (Lipinski definition) is 3. The first-order chi connectivity index (χ1) is 5.09. The molecule has 0 N–H and O–H groups in total. The summed E-state index contributed by atoms with van der Waals surface area (Å²) in [4.78, 5) is 9.85. The lowest BCUT2D eigenvalue weighted by atomic mass is 10.2. The van der Waals surface area contributed by atoms with Crippen molar-refractivity contribution in [3.8, 4) is 0 Å². The molecular formula is C7H13NO3. The van der Waals surface area contributed by atoms with E-state index >= 15 is 0 Å². The van der Waals surface area contributed by atoms with Crippen molar-refractivity contribution >= 4 is 0 Å². The molecule has 0 heterocycles. The van der Waals surface area contributed by atoms with Gasteiger partial charge in [-0.2, -0.15) is 0 Å². The highest BCUT2D eigenvalue weighted by Gasteiger charge is 2.21. The molecule has 0 unspecified atom stereocenters. The molecule has 2 atom stereocenters. The standard InChI is InChI=1S/C7H13NO3/c1-4-5-11-7(3)6(2)8(9)10/h4,6-7H,1,5H2,2-3H3/t6-,7+/m0/s1. The van der Waals surface area contributed by atoms with Crippen LogP contribution in [0.4, 0.5) is 0 Å². The summed E-state index contributed by atoms with van der Waals surface area (Å²) in [6.07, 6.45) is 1.21. The Hall–Kier alpha value is -0.900. The van der Waals surface area contributed by atoms with Crippen LogP contribution in [-0.2, 0) is 4.74 Å². The Morgan fingerprint density at radius 3 is 2.64 bits per heavy atom. The van der Waals surface area contributed by atoms with E-state index in [0.29, 0.717) is 6.61 Å². The number of rotatable bonds is 5. The zero-order valence-electron chi connectivity index (χ0n) is 6.82. The third-order valence-electron chi connectivity index (χ3n) is 1.49. The maximum atomic E-state index is 10.2. The second-order valence-electron chi connectivity index (χ2n) is 2.35. The van der Waals surface area contributed by atoms with Crippen molar-refractivity contribution in [3.63, 3.8) is 0 Å². The van der Waals surface area contributed by atoms with Gasteiger partial charge in [0.1, 0.15) is 6.10 Å². The Kier molecular flexibility index (Phi) is 4.45. The summed E-state index contributed by atoms with van der Waals surface area (Å²) in [6.45, 7) is 7.00. The first-order valence-electron chi connectivity index (χ1n) is 3.45. The molecule has 4 nitrogen and oxygen atoms in total. The monoisotopic (exact) mass is 159 g/mol. The van der Waals surface area contributed by atoms with Crippen LogP contribution >= 0.6 is 0 Å². The van der Waals surface area contributed by atoms with Gasteiger partial charge in [-0.1, -0.05) is 6.08 Å². The fourth-order valence-corrected chi connectivity index (χ4v) is 0.530. The quantitative estimate of drug-likeness (QED) is 0.344. The molecule has 0 saturated heterocycles. The molecule has 0 saturated carbocycles. The molecule has 11 heavy (non-hydrogen) atoms. The van der Waals surface area contributed by atoms with Gasteiger partial charge in [0, 0.05) is 11.8 Å². The summed E-state index contributed by atoms with van der Waals surface area (Å²) in [7, 11) is 0. The molecule has 0 aliphatic heterocycles. The van der Waals surface area contributed by atoms with E-state index in [-0.39, 0.29) is 11.0 Å². The van der Waals surface area contributed by atoms with Crippen molar-refractivity contribution in [3.05, 3.63) is 22.8 Å². The van der Waals surface area contributed by atoms with Crippen LogP contribution in [0, 0.1) is 10.1 Å². The summed E-state index contributed by atoms with van der Waals surface area (Å²) in [6, 6.07) is -0.657. The molecule has 64 valence electrons. The molecule has 0 aromatic rings. The van der Waals surface area contributed by atoms with Crippen molar-refractivity contribution in [2.45, 2.75) is 26.0 Å². The van der Waals surface area contributed by atoms with E-state index in [1.165, 1.54) is 6.92 Å². The third-order valence-corrected chi connectivity index (χ3v) is 1.49. The fourth-order valence-electron chi connectivity index (χ4n) is 0.530. The molecule has 0 amide bonds. The molecule has 0 bridgehead atoms. The van der Waals surface area contributed by atoms with Gasteiger partial charge in [-0.25, -0.2) is 0 Å². The lowest BCUT2D eigenvalue weighted by molar-refractivity contribution is -0.529. The summed E-state index contributed by atoms with van der Waals surface area (Å²) in [5.41, 5.74) is 0. The smallest absolute Gasteiger partial charge is 0.235 e. The molecule has 0 fully saturated rings. The Morgan fingerprint density at radius 2 is 2.27 bits per heavy atom. The molecule has 0 aliphatic rings. The van der Waals surface area contributed by atoms with Crippen LogP contribution in [0.3, 0.4) is 0 Å². The topological polar surface area (TPSA) is 52.4 Å². The van der Waals surface area contributed by atoms with Gasteiger partial charge in [0.2, 0.25) is 6.04 Å². The van der Waals surface area contributed by atoms with Crippen molar-refractivity contribution < 1.29 is 9.66 Å². The van der Waals surface area contributed by atoms with E-state index in [4.69, 9.17) is 4.74 Å². The van der Waals surface area contributed by atoms with Crippen LogP contribution in [0.25, 0.3) is 0 Å². The molecule has 0 rings (SSSR count). The van der Waals surface area contributed by atoms with Crippen LogP contribution in [0.2, 0.25) is 0 Å². The minimum absolute atomic E-state index is 0.353. The van der Waals surface area contributed by atoms with Crippen LogP contribution in [0.15, 0.2) is 12.7 Å². The van der Waals surface area contributed by atoms with Gasteiger partial charge in [-0.05, 0) is 6.92 Å². The van der Waals surface area contributed by atoms with Gasteiger partial charge in [0.25, 0.3) is 0 Å². The lowest BCUT2D eigenvalue weighted by Gasteiger charge is -2.12. The molecular weight excluding hydrogens is 146 g/mol. The predicted octanol–water partition coefficient (Wildman–Crippen LogP) is 1.24. The molecule has 0 aromatic heterocycles. The van der Waals surface area contributed by atoms with Gasteiger partial charge >= 0.3 is 0 Å². The maximum absolute atomic E-state index is 10.2. The SMILES string of the molecule is C=CCO[C@H](C)[C@H](C)[N+](=O)[O-]. The normalized spacial score (nSPS) is 15.5. The Labute approximate surface area is 66.0 Å². The Balaban J connectivity index is 3.72. The Bertz CT molecular complexity index is 147. The minimum atomic E-state index is -0.657. The minimum Gasteiger partial charge on any atom is -0.367 e. The zero-order valence-corrected chi connectivity index (χ0v) is 6.82. The molecule has 4 heteroatoms. The van der Waals surface area contributed by atoms with Gasteiger partial charge < -0.3 is 4.74 Å². The summed E-state index contributed by atoms with van der Waals surface area (Å²) in [5, 5.41) is 10.2. The van der Waals surface area contributed by atoms with Crippen molar-refractivity contribution in [2.24, 2.45) is 0 Å². The van der Waals surface area contributed by atoms with Crippen LogP contribution in [0.1, 0.15) is 13.8 Å². The highest BCUT2D eigenvalue weighted by atomic mass is 16.6. The summed E-state index contributed by atoms with van der Waals surface area (Å²) in [5.74, 6) is 0. The highest BCUT2D eigenvalue weighted by molar-refractivity contribution is 4.67. The predicted molar refractivity (Wildman–Crippen MR) is 42.1 cm³/mol. The van der Waals surface area contributed by atoms with Crippen molar-refractivity contribution in [1.82, 2.24) is 0 Å². The third kappa shape index (κ3) is 3.72. The number of ether oxygens (including phenoxy) is 1. The number of nitro groups is 1. The van der Waals surface area contributed by atoms with Crippen LogP contribution < -0.4 is 0 Å². The van der Waals surface area contributed by atoms with E-state index in [0.717, 1.165) is 0 Å². The average molecular weight is 159 g/mol. The summed E-state index contributed by atoms with van der Waals surface area (Å²) >= 11 is 0. The van der Waals surface area contributed by atoms with Gasteiger partial charge in [-0.3, -0.25) is 10.1 Å². The second-order valence-corrected chi connectivity index (χ2v) is 2.35.